The number of rotatable bonds is 6. The minimum atomic E-state index is 0.0880. The lowest BCUT2D eigenvalue weighted by atomic mass is 10.1. The summed E-state index contributed by atoms with van der Waals surface area (Å²) in [4.78, 5) is 14.2. The third kappa shape index (κ3) is 5.83. The van der Waals surface area contributed by atoms with E-state index in [1.54, 1.807) is 0 Å². The molecule has 0 aromatic rings. The Morgan fingerprint density at radius 3 is 2.72 bits per heavy atom. The Labute approximate surface area is 111 Å². The zero-order valence-corrected chi connectivity index (χ0v) is 12.4. The summed E-state index contributed by atoms with van der Waals surface area (Å²) in [6, 6.07) is 0.550. The second-order valence-electron chi connectivity index (χ2n) is 6.16. The highest BCUT2D eigenvalue weighted by molar-refractivity contribution is 5.76. The SMILES string of the molecule is CCN1CCCC1CNC(=O)CCNC(C)(C)C. The van der Waals surface area contributed by atoms with E-state index in [4.69, 9.17) is 0 Å². The maximum atomic E-state index is 11.7. The first-order chi connectivity index (χ1) is 8.42. The number of carbonyl (C=O) groups is 1. The fraction of sp³-hybridized carbons (Fsp3) is 0.929. The van der Waals surface area contributed by atoms with E-state index in [1.165, 1.54) is 19.4 Å². The maximum absolute atomic E-state index is 11.7. The van der Waals surface area contributed by atoms with Gasteiger partial charge < -0.3 is 10.6 Å². The molecule has 1 unspecified atom stereocenters. The predicted octanol–water partition coefficient (Wildman–Crippen LogP) is 1.37. The molecule has 0 aliphatic carbocycles. The molecule has 1 aliphatic rings. The molecule has 0 radical (unpaired) electrons. The predicted molar refractivity (Wildman–Crippen MR) is 75.7 cm³/mol. The van der Waals surface area contributed by atoms with Gasteiger partial charge in [0.1, 0.15) is 0 Å². The van der Waals surface area contributed by atoms with E-state index in [1.807, 2.05) is 0 Å². The van der Waals surface area contributed by atoms with Crippen LogP contribution in [0.15, 0.2) is 0 Å². The lowest BCUT2D eigenvalue weighted by Crippen LogP contribution is -2.42. The molecule has 1 amide bonds. The standard InChI is InChI=1S/C14H29N3O/c1-5-17-10-6-7-12(17)11-15-13(18)8-9-16-14(2,3)4/h12,16H,5-11H2,1-4H3,(H,15,18). The van der Waals surface area contributed by atoms with E-state index in [0.717, 1.165) is 19.6 Å². The average Bonchev–Trinajstić information content (AvgIpc) is 2.71. The summed E-state index contributed by atoms with van der Waals surface area (Å²) in [5.41, 5.74) is 0.0880. The van der Waals surface area contributed by atoms with Crippen molar-refractivity contribution >= 4 is 5.91 Å². The summed E-state index contributed by atoms with van der Waals surface area (Å²) in [5.74, 6) is 0.162. The number of carbonyl (C=O) groups excluding carboxylic acids is 1. The molecule has 1 saturated heterocycles. The Hall–Kier alpha value is -0.610. The fourth-order valence-corrected chi connectivity index (χ4v) is 2.41. The van der Waals surface area contributed by atoms with E-state index < -0.39 is 0 Å². The molecule has 1 rings (SSSR count). The number of likely N-dealkylation sites (tertiary alicyclic amines) is 1. The van der Waals surface area contributed by atoms with Crippen molar-refractivity contribution in [2.45, 2.75) is 58.5 Å². The van der Waals surface area contributed by atoms with Gasteiger partial charge in [-0.25, -0.2) is 0 Å². The molecule has 0 saturated carbocycles. The van der Waals surface area contributed by atoms with Crippen LogP contribution in [0.2, 0.25) is 0 Å². The topological polar surface area (TPSA) is 44.4 Å². The van der Waals surface area contributed by atoms with Crippen molar-refractivity contribution in [3.8, 4) is 0 Å². The highest BCUT2D eigenvalue weighted by atomic mass is 16.1. The first-order valence-electron chi connectivity index (χ1n) is 7.18. The first-order valence-corrected chi connectivity index (χ1v) is 7.18. The van der Waals surface area contributed by atoms with Gasteiger partial charge in [0, 0.05) is 31.1 Å². The van der Waals surface area contributed by atoms with Crippen molar-refractivity contribution in [3.05, 3.63) is 0 Å². The first kappa shape index (κ1) is 15.4. The molecular weight excluding hydrogens is 226 g/mol. The third-order valence-electron chi connectivity index (χ3n) is 3.45. The van der Waals surface area contributed by atoms with Crippen molar-refractivity contribution < 1.29 is 4.79 Å². The molecule has 0 aromatic carbocycles. The third-order valence-corrected chi connectivity index (χ3v) is 3.45. The Kier molecular flexibility index (Phi) is 6.09. The van der Waals surface area contributed by atoms with Gasteiger partial charge in [-0.15, -0.1) is 0 Å². The molecule has 4 nitrogen and oxygen atoms in total. The summed E-state index contributed by atoms with van der Waals surface area (Å²) in [6.07, 6.45) is 3.05. The Balaban J connectivity index is 2.13. The second-order valence-corrected chi connectivity index (χ2v) is 6.16. The number of amides is 1. The lowest BCUT2D eigenvalue weighted by Gasteiger charge is -2.23. The normalized spacial score (nSPS) is 21.2. The molecule has 0 spiro atoms. The minimum Gasteiger partial charge on any atom is -0.354 e. The zero-order chi connectivity index (χ0) is 13.6. The molecule has 4 heteroatoms. The summed E-state index contributed by atoms with van der Waals surface area (Å²) in [6.45, 7) is 12.4. The monoisotopic (exact) mass is 255 g/mol. The van der Waals surface area contributed by atoms with Gasteiger partial charge in [-0.1, -0.05) is 6.92 Å². The van der Waals surface area contributed by atoms with E-state index in [-0.39, 0.29) is 11.4 Å². The smallest absolute Gasteiger partial charge is 0.221 e. The summed E-state index contributed by atoms with van der Waals surface area (Å²) in [7, 11) is 0. The van der Waals surface area contributed by atoms with E-state index in [2.05, 4.69) is 43.2 Å². The van der Waals surface area contributed by atoms with Gasteiger partial charge in [0.15, 0.2) is 0 Å². The van der Waals surface area contributed by atoms with Crippen LogP contribution in [0.1, 0.15) is 47.0 Å². The van der Waals surface area contributed by atoms with Crippen molar-refractivity contribution in [1.82, 2.24) is 15.5 Å². The van der Waals surface area contributed by atoms with E-state index in [9.17, 15) is 4.79 Å². The molecule has 1 atom stereocenters. The van der Waals surface area contributed by atoms with Crippen LogP contribution in [-0.4, -0.2) is 48.6 Å². The van der Waals surface area contributed by atoms with Gasteiger partial charge in [-0.05, 0) is 46.7 Å². The average molecular weight is 255 g/mol. The van der Waals surface area contributed by atoms with Crippen LogP contribution in [0.5, 0.6) is 0 Å². The van der Waals surface area contributed by atoms with Gasteiger partial charge in [-0.2, -0.15) is 0 Å². The minimum absolute atomic E-state index is 0.0880. The Bertz CT molecular complexity index is 260. The van der Waals surface area contributed by atoms with E-state index in [0.29, 0.717) is 12.5 Å². The fourth-order valence-electron chi connectivity index (χ4n) is 2.41. The van der Waals surface area contributed by atoms with Crippen LogP contribution >= 0.6 is 0 Å². The van der Waals surface area contributed by atoms with Crippen LogP contribution in [-0.2, 0) is 4.79 Å². The summed E-state index contributed by atoms with van der Waals surface area (Å²) in [5, 5.41) is 6.38. The van der Waals surface area contributed by atoms with E-state index >= 15 is 0 Å². The highest BCUT2D eigenvalue weighted by Crippen LogP contribution is 2.15. The van der Waals surface area contributed by atoms with Gasteiger partial charge in [0.2, 0.25) is 5.91 Å². The Morgan fingerprint density at radius 1 is 1.39 bits per heavy atom. The maximum Gasteiger partial charge on any atom is 0.221 e. The molecule has 2 N–H and O–H groups in total. The molecule has 1 fully saturated rings. The number of hydrogen-bond acceptors (Lipinski definition) is 3. The van der Waals surface area contributed by atoms with Crippen molar-refractivity contribution in [2.24, 2.45) is 0 Å². The lowest BCUT2D eigenvalue weighted by molar-refractivity contribution is -0.121. The van der Waals surface area contributed by atoms with Gasteiger partial charge in [-0.3, -0.25) is 9.69 Å². The molecule has 0 bridgehead atoms. The van der Waals surface area contributed by atoms with Crippen LogP contribution in [0, 0.1) is 0 Å². The van der Waals surface area contributed by atoms with Gasteiger partial charge in [0.25, 0.3) is 0 Å². The molecule has 0 aromatic heterocycles. The molecular formula is C14H29N3O. The zero-order valence-electron chi connectivity index (χ0n) is 12.4. The highest BCUT2D eigenvalue weighted by Gasteiger charge is 2.22. The number of nitrogens with one attached hydrogen (secondary N) is 2. The number of nitrogens with zero attached hydrogens (tertiary/aromatic N) is 1. The number of likely N-dealkylation sites (N-methyl/N-ethyl adjacent to an activating group) is 1. The summed E-state index contributed by atoms with van der Waals surface area (Å²) < 4.78 is 0. The van der Waals surface area contributed by atoms with Crippen LogP contribution in [0.4, 0.5) is 0 Å². The van der Waals surface area contributed by atoms with Crippen LogP contribution < -0.4 is 10.6 Å². The molecule has 1 aliphatic heterocycles. The molecule has 1 heterocycles. The van der Waals surface area contributed by atoms with Crippen molar-refractivity contribution in [1.29, 1.82) is 0 Å². The van der Waals surface area contributed by atoms with Gasteiger partial charge in [0.05, 0.1) is 0 Å². The number of hydrogen-bond donors (Lipinski definition) is 2. The summed E-state index contributed by atoms with van der Waals surface area (Å²) >= 11 is 0. The van der Waals surface area contributed by atoms with Crippen molar-refractivity contribution in [2.75, 3.05) is 26.2 Å². The van der Waals surface area contributed by atoms with Crippen molar-refractivity contribution in [3.63, 3.8) is 0 Å². The van der Waals surface area contributed by atoms with Crippen LogP contribution in [0.3, 0.4) is 0 Å². The van der Waals surface area contributed by atoms with Gasteiger partial charge >= 0.3 is 0 Å². The molecule has 18 heavy (non-hydrogen) atoms. The van der Waals surface area contributed by atoms with Crippen LogP contribution in [0.25, 0.3) is 0 Å². The quantitative estimate of drug-likeness (QED) is 0.753. The Morgan fingerprint density at radius 2 is 2.11 bits per heavy atom. The largest absolute Gasteiger partial charge is 0.354 e. The molecule has 106 valence electrons. The second kappa shape index (κ2) is 7.10.